The number of aromatic amines is 1. The Hall–Kier alpha value is -3.51. The van der Waals surface area contributed by atoms with Crippen molar-refractivity contribution in [1.29, 1.82) is 0 Å². The van der Waals surface area contributed by atoms with Gasteiger partial charge in [0.2, 0.25) is 0 Å². The lowest BCUT2D eigenvalue weighted by molar-refractivity contribution is 0.180. The van der Waals surface area contributed by atoms with Crippen LogP contribution in [0.5, 0.6) is 17.2 Å². The summed E-state index contributed by atoms with van der Waals surface area (Å²) in [6, 6.07) is 24.0. The van der Waals surface area contributed by atoms with Gasteiger partial charge in [-0.1, -0.05) is 36.4 Å². The lowest BCUT2D eigenvalue weighted by atomic mass is 10.0. The van der Waals surface area contributed by atoms with Crippen molar-refractivity contribution >= 4 is 11.0 Å². The maximum Gasteiger partial charge on any atom is 0.326 e. The van der Waals surface area contributed by atoms with Crippen molar-refractivity contribution in [2.24, 2.45) is 0 Å². The van der Waals surface area contributed by atoms with Crippen LogP contribution in [0.4, 0.5) is 0 Å². The molecule has 0 saturated carbocycles. The number of para-hydroxylation sites is 4. The van der Waals surface area contributed by atoms with Gasteiger partial charge in [0.1, 0.15) is 5.75 Å². The molecule has 4 aromatic rings. The van der Waals surface area contributed by atoms with Gasteiger partial charge in [0.15, 0.2) is 11.5 Å². The van der Waals surface area contributed by atoms with E-state index in [-0.39, 0.29) is 11.7 Å². The molecule has 0 atom stereocenters. The van der Waals surface area contributed by atoms with E-state index in [0.717, 1.165) is 49.3 Å². The number of imidazole rings is 1. The van der Waals surface area contributed by atoms with Crippen LogP contribution in [0, 0.1) is 0 Å². The molecule has 0 aliphatic carbocycles. The average Bonchev–Trinajstić information content (AvgIpc) is 3.16. The Morgan fingerprint density at radius 2 is 1.69 bits per heavy atom. The molecule has 2 heterocycles. The topological polar surface area (TPSA) is 59.5 Å². The SMILES string of the molecule is COc1ccccc1Oc1cccc(CN2CCC(n3c(=O)[nH]c4ccccc43)CC2)c1. The summed E-state index contributed by atoms with van der Waals surface area (Å²) in [6.07, 6.45) is 1.91. The van der Waals surface area contributed by atoms with Gasteiger partial charge in [0.25, 0.3) is 0 Å². The first kappa shape index (κ1) is 20.4. The van der Waals surface area contributed by atoms with Crippen LogP contribution in [0.25, 0.3) is 11.0 Å². The Balaban J connectivity index is 1.24. The summed E-state index contributed by atoms with van der Waals surface area (Å²) in [5, 5.41) is 0. The zero-order chi connectivity index (χ0) is 21.9. The molecule has 0 unspecified atom stereocenters. The van der Waals surface area contributed by atoms with Crippen molar-refractivity contribution < 1.29 is 9.47 Å². The molecule has 1 aromatic heterocycles. The highest BCUT2D eigenvalue weighted by atomic mass is 16.5. The summed E-state index contributed by atoms with van der Waals surface area (Å²) in [6.45, 7) is 2.76. The number of ether oxygens (including phenoxy) is 2. The van der Waals surface area contributed by atoms with Gasteiger partial charge >= 0.3 is 5.69 Å². The largest absolute Gasteiger partial charge is 0.493 e. The van der Waals surface area contributed by atoms with Gasteiger partial charge in [-0.15, -0.1) is 0 Å². The molecule has 0 radical (unpaired) electrons. The van der Waals surface area contributed by atoms with Gasteiger partial charge < -0.3 is 14.5 Å². The van der Waals surface area contributed by atoms with E-state index in [0.29, 0.717) is 11.5 Å². The molecule has 6 heteroatoms. The molecule has 1 N–H and O–H groups in total. The first-order valence-electron chi connectivity index (χ1n) is 11.0. The Morgan fingerprint density at radius 1 is 0.938 bits per heavy atom. The van der Waals surface area contributed by atoms with Crippen molar-refractivity contribution in [2.75, 3.05) is 20.2 Å². The van der Waals surface area contributed by atoms with Crippen LogP contribution in [0.1, 0.15) is 24.4 Å². The van der Waals surface area contributed by atoms with Crippen molar-refractivity contribution in [1.82, 2.24) is 14.5 Å². The highest BCUT2D eigenvalue weighted by Gasteiger charge is 2.23. The highest BCUT2D eigenvalue weighted by molar-refractivity contribution is 5.75. The van der Waals surface area contributed by atoms with Gasteiger partial charge in [-0.2, -0.15) is 0 Å². The molecule has 1 saturated heterocycles. The van der Waals surface area contributed by atoms with E-state index in [2.05, 4.69) is 22.0 Å². The molecule has 1 fully saturated rings. The van der Waals surface area contributed by atoms with Crippen LogP contribution in [-0.2, 0) is 6.54 Å². The summed E-state index contributed by atoms with van der Waals surface area (Å²) in [5.74, 6) is 2.22. The standard InChI is InChI=1S/C26H27N3O3/c1-31-24-11-4-5-12-25(24)32-21-8-6-7-19(17-21)18-28-15-13-20(14-16-28)29-23-10-3-2-9-22(23)27-26(29)30/h2-12,17,20H,13-16,18H2,1H3,(H,27,30). The van der Waals surface area contributed by atoms with E-state index in [1.807, 2.05) is 65.2 Å². The summed E-state index contributed by atoms with van der Waals surface area (Å²) in [5.41, 5.74) is 3.11. The molecular weight excluding hydrogens is 402 g/mol. The second-order valence-corrected chi connectivity index (χ2v) is 8.22. The van der Waals surface area contributed by atoms with Gasteiger partial charge in [-0.3, -0.25) is 9.47 Å². The Labute approximate surface area is 187 Å². The number of rotatable bonds is 6. The van der Waals surface area contributed by atoms with Crippen LogP contribution in [0.2, 0.25) is 0 Å². The highest BCUT2D eigenvalue weighted by Crippen LogP contribution is 2.32. The Kier molecular flexibility index (Phi) is 5.69. The fourth-order valence-electron chi connectivity index (χ4n) is 4.57. The number of H-pyrrole nitrogens is 1. The van der Waals surface area contributed by atoms with Gasteiger partial charge in [0.05, 0.1) is 18.1 Å². The van der Waals surface area contributed by atoms with E-state index in [9.17, 15) is 4.79 Å². The first-order chi connectivity index (χ1) is 15.7. The third-order valence-corrected chi connectivity index (χ3v) is 6.15. The monoisotopic (exact) mass is 429 g/mol. The number of nitrogens with one attached hydrogen (secondary N) is 1. The average molecular weight is 430 g/mol. The molecule has 0 amide bonds. The number of nitrogens with zero attached hydrogens (tertiary/aromatic N) is 2. The summed E-state index contributed by atoms with van der Waals surface area (Å²) < 4.78 is 13.4. The number of piperidine rings is 1. The molecule has 3 aromatic carbocycles. The summed E-state index contributed by atoms with van der Waals surface area (Å²) >= 11 is 0. The molecular formula is C26H27N3O3. The van der Waals surface area contributed by atoms with Crippen LogP contribution >= 0.6 is 0 Å². The number of hydrogen-bond donors (Lipinski definition) is 1. The molecule has 6 nitrogen and oxygen atoms in total. The van der Waals surface area contributed by atoms with E-state index in [1.165, 1.54) is 5.56 Å². The van der Waals surface area contributed by atoms with E-state index in [1.54, 1.807) is 7.11 Å². The van der Waals surface area contributed by atoms with Crippen LogP contribution in [0.3, 0.4) is 0 Å². The number of fused-ring (bicyclic) bond motifs is 1. The van der Waals surface area contributed by atoms with Crippen molar-refractivity contribution in [2.45, 2.75) is 25.4 Å². The number of methoxy groups -OCH3 is 1. The first-order valence-corrected chi connectivity index (χ1v) is 11.0. The summed E-state index contributed by atoms with van der Waals surface area (Å²) in [7, 11) is 1.65. The van der Waals surface area contributed by atoms with Crippen molar-refractivity contribution in [3.05, 3.63) is 88.8 Å². The maximum absolute atomic E-state index is 12.5. The van der Waals surface area contributed by atoms with Gasteiger partial charge in [0, 0.05) is 25.7 Å². The predicted octanol–water partition coefficient (Wildman–Crippen LogP) is 4.97. The van der Waals surface area contributed by atoms with Crippen molar-refractivity contribution in [3.8, 4) is 17.2 Å². The van der Waals surface area contributed by atoms with Crippen LogP contribution < -0.4 is 15.2 Å². The number of likely N-dealkylation sites (tertiary alicyclic amines) is 1. The molecule has 1 aliphatic heterocycles. The zero-order valence-electron chi connectivity index (χ0n) is 18.2. The van der Waals surface area contributed by atoms with Crippen LogP contribution in [0.15, 0.2) is 77.6 Å². The molecule has 0 bridgehead atoms. The minimum atomic E-state index is -0.00848. The molecule has 0 spiro atoms. The number of hydrogen-bond acceptors (Lipinski definition) is 4. The third-order valence-electron chi connectivity index (χ3n) is 6.15. The smallest absolute Gasteiger partial charge is 0.326 e. The molecule has 1 aliphatic rings. The number of aromatic nitrogens is 2. The Morgan fingerprint density at radius 3 is 2.50 bits per heavy atom. The predicted molar refractivity (Wildman–Crippen MR) is 126 cm³/mol. The quantitative estimate of drug-likeness (QED) is 0.470. The number of benzene rings is 3. The van der Waals surface area contributed by atoms with Gasteiger partial charge in [-0.25, -0.2) is 4.79 Å². The van der Waals surface area contributed by atoms with E-state index >= 15 is 0 Å². The minimum Gasteiger partial charge on any atom is -0.493 e. The normalized spacial score (nSPS) is 15.2. The van der Waals surface area contributed by atoms with E-state index in [4.69, 9.17) is 9.47 Å². The maximum atomic E-state index is 12.5. The molecule has 5 rings (SSSR count). The molecule has 32 heavy (non-hydrogen) atoms. The Bertz CT molecular complexity index is 1270. The summed E-state index contributed by atoms with van der Waals surface area (Å²) in [4.78, 5) is 17.9. The third kappa shape index (κ3) is 4.14. The molecule has 164 valence electrons. The van der Waals surface area contributed by atoms with Crippen molar-refractivity contribution in [3.63, 3.8) is 0 Å². The van der Waals surface area contributed by atoms with Crippen LogP contribution in [-0.4, -0.2) is 34.7 Å². The second-order valence-electron chi connectivity index (χ2n) is 8.22. The lowest BCUT2D eigenvalue weighted by Gasteiger charge is -2.32. The van der Waals surface area contributed by atoms with E-state index < -0.39 is 0 Å². The minimum absolute atomic E-state index is 0.00848. The lowest BCUT2D eigenvalue weighted by Crippen LogP contribution is -2.36. The van der Waals surface area contributed by atoms with Gasteiger partial charge in [-0.05, 0) is 54.8 Å². The fraction of sp³-hybridized carbons (Fsp3) is 0.269. The fourth-order valence-corrected chi connectivity index (χ4v) is 4.57. The second kappa shape index (κ2) is 8.93. The zero-order valence-corrected chi connectivity index (χ0v) is 18.2.